The molecular formula is C56H38N2O. The number of ether oxygens (including phenoxy) is 1. The molecule has 12 rings (SSSR count). The summed E-state index contributed by atoms with van der Waals surface area (Å²) in [6, 6.07) is 55.2. The van der Waals surface area contributed by atoms with E-state index in [0.717, 1.165) is 44.4 Å². The van der Waals surface area contributed by atoms with Crippen molar-refractivity contribution in [2.75, 3.05) is 0 Å². The fraction of sp³-hybridized carbons (Fsp3) is 0.0714. The zero-order valence-corrected chi connectivity index (χ0v) is 32.8. The first-order valence-corrected chi connectivity index (χ1v) is 20.4. The van der Waals surface area contributed by atoms with E-state index in [2.05, 4.69) is 196 Å². The van der Waals surface area contributed by atoms with Crippen molar-refractivity contribution in [2.24, 2.45) is 0 Å². The van der Waals surface area contributed by atoms with Crippen molar-refractivity contribution in [3.63, 3.8) is 0 Å². The Balaban J connectivity index is 0.812. The molecule has 3 nitrogen and oxygen atoms in total. The Morgan fingerprint density at radius 2 is 1.02 bits per heavy atom. The molecule has 1 aromatic heterocycles. The highest BCUT2D eigenvalue weighted by atomic mass is 16.5. The summed E-state index contributed by atoms with van der Waals surface area (Å²) >= 11 is 0. The van der Waals surface area contributed by atoms with E-state index in [1.54, 1.807) is 0 Å². The van der Waals surface area contributed by atoms with Crippen molar-refractivity contribution in [1.82, 2.24) is 9.97 Å². The molecule has 0 fully saturated rings. The van der Waals surface area contributed by atoms with Gasteiger partial charge >= 0.3 is 0 Å². The molecule has 9 aromatic rings. The van der Waals surface area contributed by atoms with Gasteiger partial charge in [0, 0.05) is 27.3 Å². The molecule has 0 radical (unpaired) electrons. The predicted molar refractivity (Wildman–Crippen MR) is 245 cm³/mol. The summed E-state index contributed by atoms with van der Waals surface area (Å²) in [7, 11) is 0. The van der Waals surface area contributed by atoms with Crippen LogP contribution in [0.15, 0.2) is 188 Å². The largest absolute Gasteiger partial charge is 0.482 e. The lowest BCUT2D eigenvalue weighted by molar-refractivity contribution is 0.292. The Labute approximate surface area is 343 Å². The highest BCUT2D eigenvalue weighted by Crippen LogP contribution is 2.51. The second-order valence-corrected chi connectivity index (χ2v) is 16.5. The van der Waals surface area contributed by atoms with Crippen LogP contribution in [0.3, 0.4) is 0 Å². The third-order valence-corrected chi connectivity index (χ3v) is 12.8. The third-order valence-electron chi connectivity index (χ3n) is 12.8. The van der Waals surface area contributed by atoms with Crippen LogP contribution in [0.4, 0.5) is 0 Å². The molecule has 3 heteroatoms. The van der Waals surface area contributed by atoms with Crippen LogP contribution in [-0.4, -0.2) is 16.1 Å². The molecule has 3 aliphatic rings. The number of hydrogen-bond donors (Lipinski definition) is 0. The molecule has 2 heterocycles. The molecule has 0 spiro atoms. The minimum absolute atomic E-state index is 0.0134. The number of allylic oxidation sites excluding steroid dienone is 4. The van der Waals surface area contributed by atoms with Gasteiger partial charge in [0.1, 0.15) is 11.9 Å². The minimum Gasteiger partial charge on any atom is -0.482 e. The summed E-state index contributed by atoms with van der Waals surface area (Å²) in [6.45, 7) is 4.72. The smallest absolute Gasteiger partial charge is 0.136 e. The first-order valence-electron chi connectivity index (χ1n) is 20.4. The summed E-state index contributed by atoms with van der Waals surface area (Å²) in [5.41, 5.74) is 18.6. The van der Waals surface area contributed by atoms with Crippen LogP contribution in [-0.2, 0) is 5.41 Å². The average Bonchev–Trinajstić information content (AvgIpc) is 3.37. The van der Waals surface area contributed by atoms with Crippen molar-refractivity contribution in [3.05, 3.63) is 205 Å². The fourth-order valence-electron chi connectivity index (χ4n) is 9.61. The number of rotatable bonds is 4. The molecule has 278 valence electrons. The maximum Gasteiger partial charge on any atom is 0.136 e. The minimum atomic E-state index is -0.141. The van der Waals surface area contributed by atoms with Crippen LogP contribution in [0.5, 0.6) is 5.75 Å². The van der Waals surface area contributed by atoms with E-state index >= 15 is 0 Å². The molecular weight excluding hydrogens is 717 g/mol. The van der Waals surface area contributed by atoms with Gasteiger partial charge in [-0.1, -0.05) is 159 Å². The summed E-state index contributed by atoms with van der Waals surface area (Å²) in [4.78, 5) is 10.2. The van der Waals surface area contributed by atoms with Crippen LogP contribution in [0.25, 0.3) is 93.9 Å². The monoisotopic (exact) mass is 754 g/mol. The Hall–Kier alpha value is -7.36. The zero-order chi connectivity index (χ0) is 39.2. The summed E-state index contributed by atoms with van der Waals surface area (Å²) < 4.78 is 6.24. The molecule has 8 aromatic carbocycles. The van der Waals surface area contributed by atoms with Crippen molar-refractivity contribution in [3.8, 4) is 61.5 Å². The number of aromatic nitrogens is 2. The Morgan fingerprint density at radius 1 is 0.492 bits per heavy atom. The van der Waals surface area contributed by atoms with Crippen LogP contribution >= 0.6 is 0 Å². The molecule has 1 atom stereocenters. The first kappa shape index (κ1) is 33.7. The second-order valence-electron chi connectivity index (χ2n) is 16.5. The lowest BCUT2D eigenvalue weighted by Gasteiger charge is -2.24. The van der Waals surface area contributed by atoms with Gasteiger partial charge in [0.05, 0.1) is 22.9 Å². The Kier molecular flexibility index (Phi) is 7.34. The van der Waals surface area contributed by atoms with Gasteiger partial charge in [-0.3, -0.25) is 4.98 Å². The van der Waals surface area contributed by atoms with Gasteiger partial charge in [0.15, 0.2) is 0 Å². The predicted octanol–water partition coefficient (Wildman–Crippen LogP) is 14.2. The lowest BCUT2D eigenvalue weighted by atomic mass is 9.80. The standard InChI is InChI=1S/C56H38N2O/c1-56(2)50-31-39(23-26-45(50)46-27-24-40(32-51(46)56)38-25-28-53-49(30-38)41-9-3-4-10-42(29-41)59-53)36-17-15-34(16-18-36)35-19-21-37(22-20-35)52-33-57-54-47-13-7-5-11-43(47)44-12-6-8-14-48(44)55(54)58-52/h3-33,42H,1-2H3. The molecule has 1 unspecified atom stereocenters. The molecule has 2 bridgehead atoms. The molecule has 0 N–H and O–H groups in total. The number of fused-ring (bicyclic) bond motifs is 12. The fourth-order valence-corrected chi connectivity index (χ4v) is 9.61. The highest BCUT2D eigenvalue weighted by molar-refractivity contribution is 6.23. The van der Waals surface area contributed by atoms with E-state index in [1.807, 2.05) is 6.20 Å². The van der Waals surface area contributed by atoms with Crippen molar-refractivity contribution >= 4 is 38.2 Å². The summed E-state index contributed by atoms with van der Waals surface area (Å²) in [5.74, 6) is 0.940. The molecule has 0 amide bonds. The van der Waals surface area contributed by atoms with E-state index in [0.29, 0.717) is 0 Å². The SMILES string of the molecule is CC1(C)c2cc(-c3ccc(-c4ccc(-c5cnc6c7ccccc7c7ccccc7c6n5)cc4)cc3)ccc2-c2ccc(-c3ccc4c(c3)C3=CC(C=CC=C3)O4)cc21. The quantitative estimate of drug-likeness (QED) is 0.168. The van der Waals surface area contributed by atoms with Crippen molar-refractivity contribution in [1.29, 1.82) is 0 Å². The Bertz CT molecular complexity index is 3280. The molecule has 2 aliphatic carbocycles. The van der Waals surface area contributed by atoms with Gasteiger partial charge < -0.3 is 4.74 Å². The average molecular weight is 755 g/mol. The van der Waals surface area contributed by atoms with Gasteiger partial charge in [-0.15, -0.1) is 0 Å². The Morgan fingerprint density at radius 3 is 1.68 bits per heavy atom. The second kappa shape index (κ2) is 12.8. The topological polar surface area (TPSA) is 35.0 Å². The van der Waals surface area contributed by atoms with Crippen LogP contribution in [0.1, 0.15) is 30.5 Å². The molecule has 0 saturated carbocycles. The maximum atomic E-state index is 6.24. The first-order chi connectivity index (χ1) is 29.0. The number of hydrogen-bond acceptors (Lipinski definition) is 3. The lowest BCUT2D eigenvalue weighted by Crippen LogP contribution is -2.15. The van der Waals surface area contributed by atoms with Gasteiger partial charge in [-0.25, -0.2) is 4.98 Å². The van der Waals surface area contributed by atoms with Gasteiger partial charge in [0.2, 0.25) is 0 Å². The van der Waals surface area contributed by atoms with Crippen LogP contribution < -0.4 is 4.74 Å². The van der Waals surface area contributed by atoms with Crippen LogP contribution in [0, 0.1) is 0 Å². The third kappa shape index (κ3) is 5.35. The molecule has 0 saturated heterocycles. The molecule has 59 heavy (non-hydrogen) atoms. The normalized spacial score (nSPS) is 15.7. The number of nitrogens with zero attached hydrogens (tertiary/aromatic N) is 2. The van der Waals surface area contributed by atoms with Crippen LogP contribution in [0.2, 0.25) is 0 Å². The van der Waals surface area contributed by atoms with E-state index in [4.69, 9.17) is 14.7 Å². The van der Waals surface area contributed by atoms with Gasteiger partial charge in [-0.05, 0) is 108 Å². The van der Waals surface area contributed by atoms with Crippen molar-refractivity contribution < 1.29 is 4.74 Å². The highest BCUT2D eigenvalue weighted by Gasteiger charge is 2.36. The molecule has 1 aliphatic heterocycles. The van der Waals surface area contributed by atoms with Gasteiger partial charge in [0.25, 0.3) is 0 Å². The van der Waals surface area contributed by atoms with E-state index in [9.17, 15) is 0 Å². The summed E-state index contributed by atoms with van der Waals surface area (Å²) in [5, 5.41) is 4.67. The number of benzene rings is 8. The van der Waals surface area contributed by atoms with Gasteiger partial charge in [-0.2, -0.15) is 0 Å². The zero-order valence-electron chi connectivity index (χ0n) is 32.8. The maximum absolute atomic E-state index is 6.24. The van der Waals surface area contributed by atoms with E-state index in [1.165, 1.54) is 72.0 Å². The van der Waals surface area contributed by atoms with E-state index in [-0.39, 0.29) is 11.5 Å². The summed E-state index contributed by atoms with van der Waals surface area (Å²) in [6.07, 6.45) is 12.5. The van der Waals surface area contributed by atoms with E-state index < -0.39 is 0 Å². The van der Waals surface area contributed by atoms with Crippen molar-refractivity contribution in [2.45, 2.75) is 25.4 Å².